The van der Waals surface area contributed by atoms with Crippen LogP contribution in [0.15, 0.2) is 40.9 Å². The van der Waals surface area contributed by atoms with Crippen LogP contribution in [-0.2, 0) is 6.42 Å². The Hall–Kier alpha value is -1.26. The highest BCUT2D eigenvalue weighted by Crippen LogP contribution is 2.27. The third-order valence-corrected chi connectivity index (χ3v) is 4.05. The van der Waals surface area contributed by atoms with Gasteiger partial charge in [-0.15, -0.1) is 0 Å². The molecule has 0 aromatic heterocycles. The monoisotopic (exact) mass is 339 g/mol. The number of benzene rings is 2. The molecule has 2 aromatic rings. The Labute approximate surface area is 126 Å². The lowest BCUT2D eigenvalue weighted by molar-refractivity contribution is 0.528. The average Bonchev–Trinajstić information content (AvgIpc) is 2.43. The summed E-state index contributed by atoms with van der Waals surface area (Å²) in [7, 11) is 1.78. The van der Waals surface area contributed by atoms with E-state index in [1.807, 2.05) is 6.92 Å². The quantitative estimate of drug-likeness (QED) is 0.862. The van der Waals surface area contributed by atoms with Crippen molar-refractivity contribution in [1.29, 1.82) is 0 Å². The maximum absolute atomic E-state index is 14.2. The number of rotatable bonds is 4. The summed E-state index contributed by atoms with van der Waals surface area (Å²) < 4.78 is 27.9. The average molecular weight is 340 g/mol. The van der Waals surface area contributed by atoms with E-state index in [4.69, 9.17) is 0 Å². The minimum absolute atomic E-state index is 0.201. The second kappa shape index (κ2) is 6.46. The van der Waals surface area contributed by atoms with Gasteiger partial charge in [0, 0.05) is 11.6 Å². The molecule has 0 spiro atoms. The van der Waals surface area contributed by atoms with Crippen molar-refractivity contribution in [3.8, 4) is 0 Å². The smallest absolute Gasteiger partial charge is 0.142 e. The van der Waals surface area contributed by atoms with Crippen molar-refractivity contribution in [3.05, 3.63) is 69.2 Å². The summed E-state index contributed by atoms with van der Waals surface area (Å²) in [4.78, 5) is 0. The predicted octanol–water partition coefficient (Wildman–Crippen LogP) is 4.54. The van der Waals surface area contributed by atoms with E-state index in [-0.39, 0.29) is 17.7 Å². The molecule has 0 fully saturated rings. The minimum atomic E-state index is -0.277. The lowest BCUT2D eigenvalue weighted by Gasteiger charge is -2.19. The van der Waals surface area contributed by atoms with Crippen LogP contribution in [0.25, 0.3) is 0 Å². The molecule has 0 bridgehead atoms. The fourth-order valence-corrected chi connectivity index (χ4v) is 2.62. The Morgan fingerprint density at radius 2 is 1.95 bits per heavy atom. The summed E-state index contributed by atoms with van der Waals surface area (Å²) in [6, 6.07) is 9.70. The molecule has 0 heterocycles. The van der Waals surface area contributed by atoms with Crippen LogP contribution in [0.5, 0.6) is 0 Å². The molecular formula is C16H16BrF2N. The summed E-state index contributed by atoms with van der Waals surface area (Å²) in [5.74, 6) is -0.545. The molecule has 4 heteroatoms. The van der Waals surface area contributed by atoms with Gasteiger partial charge in [-0.25, -0.2) is 8.78 Å². The third kappa shape index (κ3) is 3.25. The van der Waals surface area contributed by atoms with Crippen LogP contribution >= 0.6 is 15.9 Å². The van der Waals surface area contributed by atoms with Crippen LogP contribution in [-0.4, -0.2) is 7.05 Å². The fourth-order valence-electron chi connectivity index (χ4n) is 2.24. The zero-order valence-corrected chi connectivity index (χ0v) is 13.0. The van der Waals surface area contributed by atoms with Gasteiger partial charge in [-0.1, -0.05) is 18.2 Å². The van der Waals surface area contributed by atoms with Crippen molar-refractivity contribution in [2.45, 2.75) is 19.4 Å². The molecule has 0 aliphatic heterocycles. The second-order valence-corrected chi connectivity index (χ2v) is 5.61. The molecule has 2 rings (SSSR count). The summed E-state index contributed by atoms with van der Waals surface area (Å²) in [6.45, 7) is 1.93. The predicted molar refractivity (Wildman–Crippen MR) is 80.7 cm³/mol. The largest absolute Gasteiger partial charge is 0.313 e. The molecule has 2 aromatic carbocycles. The first-order chi connectivity index (χ1) is 9.52. The number of nitrogens with one attached hydrogen (secondary N) is 1. The molecule has 1 unspecified atom stereocenters. The van der Waals surface area contributed by atoms with Crippen LogP contribution in [0.1, 0.15) is 22.7 Å². The molecule has 1 nitrogen and oxygen atoms in total. The van der Waals surface area contributed by atoms with E-state index in [2.05, 4.69) is 21.2 Å². The van der Waals surface area contributed by atoms with E-state index in [1.54, 1.807) is 31.3 Å². The van der Waals surface area contributed by atoms with E-state index in [9.17, 15) is 8.78 Å². The van der Waals surface area contributed by atoms with Crippen molar-refractivity contribution in [2.24, 2.45) is 0 Å². The molecule has 0 aliphatic rings. The molecule has 20 heavy (non-hydrogen) atoms. The van der Waals surface area contributed by atoms with Gasteiger partial charge in [-0.05, 0) is 65.6 Å². The Morgan fingerprint density at radius 1 is 1.20 bits per heavy atom. The van der Waals surface area contributed by atoms with Crippen molar-refractivity contribution >= 4 is 15.9 Å². The van der Waals surface area contributed by atoms with Crippen LogP contribution < -0.4 is 5.32 Å². The molecule has 1 N–H and O–H groups in total. The van der Waals surface area contributed by atoms with E-state index in [0.29, 0.717) is 16.5 Å². The summed E-state index contributed by atoms with van der Waals surface area (Å²) in [6.07, 6.45) is 0.535. The number of likely N-dealkylation sites (N-methyl/N-ethyl adjacent to an activating group) is 1. The van der Waals surface area contributed by atoms with Gasteiger partial charge in [0.05, 0.1) is 4.47 Å². The number of aryl methyl sites for hydroxylation is 1. The number of hydrogen-bond acceptors (Lipinski definition) is 1. The van der Waals surface area contributed by atoms with Crippen LogP contribution in [0.2, 0.25) is 0 Å². The van der Waals surface area contributed by atoms with Gasteiger partial charge >= 0.3 is 0 Å². The molecule has 1 atom stereocenters. The lowest BCUT2D eigenvalue weighted by atomic mass is 9.96. The van der Waals surface area contributed by atoms with Crippen molar-refractivity contribution < 1.29 is 8.78 Å². The van der Waals surface area contributed by atoms with E-state index < -0.39 is 0 Å². The third-order valence-electron chi connectivity index (χ3n) is 3.44. The van der Waals surface area contributed by atoms with E-state index >= 15 is 0 Å². The maximum atomic E-state index is 14.2. The molecule has 0 radical (unpaired) electrons. The second-order valence-electron chi connectivity index (χ2n) is 4.76. The molecule has 106 valence electrons. The van der Waals surface area contributed by atoms with Gasteiger partial charge in [-0.3, -0.25) is 0 Å². The summed E-state index contributed by atoms with van der Waals surface area (Å²) in [5, 5.41) is 3.10. The first-order valence-electron chi connectivity index (χ1n) is 6.39. The minimum Gasteiger partial charge on any atom is -0.313 e. The van der Waals surface area contributed by atoms with Gasteiger partial charge in [0.2, 0.25) is 0 Å². The van der Waals surface area contributed by atoms with Gasteiger partial charge in [-0.2, -0.15) is 0 Å². The fraction of sp³-hybridized carbons (Fsp3) is 0.250. The highest BCUT2D eigenvalue weighted by Gasteiger charge is 2.17. The summed E-state index contributed by atoms with van der Waals surface area (Å²) in [5.41, 5.74) is 2.45. The topological polar surface area (TPSA) is 12.0 Å². The standard InChI is InChI=1S/C16H16BrF2N/c1-10-6-7-12(18)8-11(10)9-15(20-2)13-4-3-5-14(17)16(13)19/h3-8,15,20H,9H2,1-2H3. The highest BCUT2D eigenvalue weighted by atomic mass is 79.9. The number of hydrogen-bond donors (Lipinski definition) is 1. The van der Waals surface area contributed by atoms with Crippen molar-refractivity contribution in [2.75, 3.05) is 7.05 Å². The zero-order chi connectivity index (χ0) is 14.7. The van der Waals surface area contributed by atoms with E-state index in [1.165, 1.54) is 12.1 Å². The molecule has 0 amide bonds. The van der Waals surface area contributed by atoms with E-state index in [0.717, 1.165) is 11.1 Å². The van der Waals surface area contributed by atoms with Crippen LogP contribution in [0.3, 0.4) is 0 Å². The Bertz CT molecular complexity index is 613. The Balaban J connectivity index is 2.34. The Kier molecular flexibility index (Phi) is 4.89. The van der Waals surface area contributed by atoms with Crippen LogP contribution in [0.4, 0.5) is 8.78 Å². The Morgan fingerprint density at radius 3 is 2.65 bits per heavy atom. The maximum Gasteiger partial charge on any atom is 0.142 e. The molecule has 0 saturated carbocycles. The van der Waals surface area contributed by atoms with Crippen molar-refractivity contribution in [1.82, 2.24) is 5.32 Å². The summed E-state index contributed by atoms with van der Waals surface area (Å²) >= 11 is 3.19. The zero-order valence-electron chi connectivity index (χ0n) is 11.4. The SMILES string of the molecule is CNC(Cc1cc(F)ccc1C)c1cccc(Br)c1F. The number of halogens is 3. The van der Waals surface area contributed by atoms with Gasteiger partial charge < -0.3 is 5.32 Å². The van der Waals surface area contributed by atoms with Crippen LogP contribution in [0, 0.1) is 18.6 Å². The van der Waals surface area contributed by atoms with Crippen molar-refractivity contribution in [3.63, 3.8) is 0 Å². The molecule has 0 saturated heterocycles. The lowest BCUT2D eigenvalue weighted by Crippen LogP contribution is -2.20. The normalized spacial score (nSPS) is 12.4. The van der Waals surface area contributed by atoms with Gasteiger partial charge in [0.25, 0.3) is 0 Å². The molecule has 0 aliphatic carbocycles. The first kappa shape index (κ1) is 15.1. The van der Waals surface area contributed by atoms with Gasteiger partial charge in [0.15, 0.2) is 0 Å². The van der Waals surface area contributed by atoms with Gasteiger partial charge in [0.1, 0.15) is 11.6 Å². The molecular weight excluding hydrogens is 324 g/mol. The highest BCUT2D eigenvalue weighted by molar-refractivity contribution is 9.10. The first-order valence-corrected chi connectivity index (χ1v) is 7.18.